The van der Waals surface area contributed by atoms with E-state index in [4.69, 9.17) is 13.9 Å². The molecule has 4 rings (SSSR count). The van der Waals surface area contributed by atoms with Gasteiger partial charge in [0.25, 0.3) is 0 Å². The molecule has 1 aromatic heterocycles. The summed E-state index contributed by atoms with van der Waals surface area (Å²) in [5.74, 6) is 0.402. The lowest BCUT2D eigenvalue weighted by Crippen LogP contribution is -2.38. The molecule has 0 unspecified atom stereocenters. The Morgan fingerprint density at radius 1 is 1.22 bits per heavy atom. The summed E-state index contributed by atoms with van der Waals surface area (Å²) in [6, 6.07) is 3.24. The fourth-order valence-electron chi connectivity index (χ4n) is 3.38. The summed E-state index contributed by atoms with van der Waals surface area (Å²) >= 11 is 0. The van der Waals surface area contributed by atoms with Gasteiger partial charge in [-0.25, -0.2) is 4.98 Å². The van der Waals surface area contributed by atoms with Gasteiger partial charge in [0.15, 0.2) is 12.7 Å². The molecule has 0 atom stereocenters. The van der Waals surface area contributed by atoms with Gasteiger partial charge in [-0.3, -0.25) is 10.1 Å². The standard InChI is InChI=1S/C15H17N3O5/c19-18(20)12-2-1-11(13-14(12)23-9-16-13)17-5-3-10(4-6-17)15-21-7-8-22-15/h1-2,9-10,15H,3-8H2. The smallest absolute Gasteiger partial charge is 0.314 e. The zero-order valence-electron chi connectivity index (χ0n) is 12.5. The minimum atomic E-state index is -0.446. The third kappa shape index (κ3) is 2.53. The average Bonchev–Trinajstić information content (AvgIpc) is 3.25. The maximum atomic E-state index is 11.1. The second-order valence-corrected chi connectivity index (χ2v) is 5.83. The Bertz CT molecular complexity index is 717. The molecule has 0 spiro atoms. The molecule has 0 radical (unpaired) electrons. The monoisotopic (exact) mass is 319 g/mol. The number of non-ortho nitro benzene ring substituents is 1. The zero-order valence-corrected chi connectivity index (χ0v) is 12.5. The molecule has 0 saturated carbocycles. The fraction of sp³-hybridized carbons (Fsp3) is 0.533. The van der Waals surface area contributed by atoms with Crippen LogP contribution in [0, 0.1) is 16.0 Å². The Morgan fingerprint density at radius 3 is 2.65 bits per heavy atom. The van der Waals surface area contributed by atoms with Crippen molar-refractivity contribution in [1.29, 1.82) is 0 Å². The van der Waals surface area contributed by atoms with Gasteiger partial charge in [0, 0.05) is 25.1 Å². The summed E-state index contributed by atoms with van der Waals surface area (Å²) in [6.45, 7) is 3.03. The number of nitro groups is 1. The minimum Gasteiger partial charge on any atom is -0.436 e. The predicted molar refractivity (Wildman–Crippen MR) is 81.3 cm³/mol. The Kier molecular flexibility index (Phi) is 3.62. The number of rotatable bonds is 3. The Labute approximate surface area is 132 Å². The van der Waals surface area contributed by atoms with Crippen molar-refractivity contribution in [2.75, 3.05) is 31.2 Å². The number of anilines is 1. The van der Waals surface area contributed by atoms with Crippen molar-refractivity contribution < 1.29 is 18.8 Å². The van der Waals surface area contributed by atoms with Gasteiger partial charge in [0.2, 0.25) is 5.58 Å². The van der Waals surface area contributed by atoms with Crippen molar-refractivity contribution in [3.8, 4) is 0 Å². The first kappa shape index (κ1) is 14.4. The van der Waals surface area contributed by atoms with E-state index in [2.05, 4.69) is 9.88 Å². The molecule has 0 amide bonds. The highest BCUT2D eigenvalue weighted by molar-refractivity contribution is 5.93. The van der Waals surface area contributed by atoms with Gasteiger partial charge in [-0.2, -0.15) is 0 Å². The number of fused-ring (bicyclic) bond motifs is 1. The van der Waals surface area contributed by atoms with E-state index < -0.39 is 4.92 Å². The number of piperidine rings is 1. The minimum absolute atomic E-state index is 0.0520. The second-order valence-electron chi connectivity index (χ2n) is 5.83. The third-order valence-electron chi connectivity index (χ3n) is 4.55. The Hall–Kier alpha value is -2.19. The molecule has 122 valence electrons. The molecular formula is C15H17N3O5. The Balaban J connectivity index is 1.55. The molecule has 2 saturated heterocycles. The van der Waals surface area contributed by atoms with E-state index in [1.807, 2.05) is 0 Å². The molecule has 0 bridgehead atoms. The normalized spacial score (nSPS) is 20.4. The van der Waals surface area contributed by atoms with Crippen molar-refractivity contribution in [2.24, 2.45) is 5.92 Å². The lowest BCUT2D eigenvalue weighted by atomic mass is 9.95. The highest BCUT2D eigenvalue weighted by atomic mass is 16.7. The lowest BCUT2D eigenvalue weighted by Gasteiger charge is -2.35. The van der Waals surface area contributed by atoms with Crippen molar-refractivity contribution >= 4 is 22.5 Å². The molecule has 2 aliphatic rings. The van der Waals surface area contributed by atoms with Crippen LogP contribution in [0.2, 0.25) is 0 Å². The number of hydrogen-bond donors (Lipinski definition) is 0. The zero-order chi connectivity index (χ0) is 15.8. The molecule has 2 aromatic rings. The second kappa shape index (κ2) is 5.78. The van der Waals surface area contributed by atoms with E-state index in [1.165, 1.54) is 12.5 Å². The molecule has 0 aliphatic carbocycles. The van der Waals surface area contributed by atoms with Gasteiger partial charge >= 0.3 is 5.69 Å². The van der Waals surface area contributed by atoms with Crippen molar-refractivity contribution in [3.63, 3.8) is 0 Å². The van der Waals surface area contributed by atoms with E-state index in [0.717, 1.165) is 31.6 Å². The maximum Gasteiger partial charge on any atom is 0.314 e. The molecule has 1 aromatic carbocycles. The van der Waals surface area contributed by atoms with E-state index in [-0.39, 0.29) is 17.6 Å². The quantitative estimate of drug-likeness (QED) is 0.633. The van der Waals surface area contributed by atoms with Crippen LogP contribution in [-0.4, -0.2) is 42.5 Å². The summed E-state index contributed by atoms with van der Waals surface area (Å²) in [5.41, 5.74) is 1.61. The summed E-state index contributed by atoms with van der Waals surface area (Å²) in [4.78, 5) is 17.0. The first-order chi connectivity index (χ1) is 11.2. The number of aromatic nitrogens is 1. The molecular weight excluding hydrogens is 302 g/mol. The van der Waals surface area contributed by atoms with E-state index >= 15 is 0 Å². The van der Waals surface area contributed by atoms with Crippen LogP contribution in [-0.2, 0) is 9.47 Å². The molecule has 0 N–H and O–H groups in total. The van der Waals surface area contributed by atoms with E-state index in [0.29, 0.717) is 24.6 Å². The van der Waals surface area contributed by atoms with Gasteiger partial charge in [-0.1, -0.05) is 0 Å². The molecule has 8 heteroatoms. The van der Waals surface area contributed by atoms with Crippen LogP contribution in [0.25, 0.3) is 11.1 Å². The summed E-state index contributed by atoms with van der Waals surface area (Å²) < 4.78 is 16.4. The van der Waals surface area contributed by atoms with Crippen LogP contribution in [0.1, 0.15) is 12.8 Å². The summed E-state index contributed by atoms with van der Waals surface area (Å²) in [5, 5.41) is 11.1. The highest BCUT2D eigenvalue weighted by Crippen LogP contribution is 2.35. The molecule has 3 heterocycles. The predicted octanol–water partition coefficient (Wildman–Crippen LogP) is 2.33. The highest BCUT2D eigenvalue weighted by Gasteiger charge is 2.31. The number of ether oxygens (including phenoxy) is 2. The average molecular weight is 319 g/mol. The Morgan fingerprint density at radius 2 is 1.96 bits per heavy atom. The van der Waals surface area contributed by atoms with Crippen molar-refractivity contribution in [2.45, 2.75) is 19.1 Å². The largest absolute Gasteiger partial charge is 0.436 e. The molecule has 2 fully saturated rings. The summed E-state index contributed by atoms with van der Waals surface area (Å²) in [7, 11) is 0. The molecule has 2 aliphatic heterocycles. The maximum absolute atomic E-state index is 11.1. The van der Waals surface area contributed by atoms with Crippen LogP contribution >= 0.6 is 0 Å². The van der Waals surface area contributed by atoms with Crippen LogP contribution in [0.5, 0.6) is 0 Å². The summed E-state index contributed by atoms with van der Waals surface area (Å²) in [6.07, 6.45) is 3.09. The van der Waals surface area contributed by atoms with E-state index in [9.17, 15) is 10.1 Å². The fourth-order valence-corrected chi connectivity index (χ4v) is 3.38. The van der Waals surface area contributed by atoms with Gasteiger partial charge in [-0.15, -0.1) is 0 Å². The third-order valence-corrected chi connectivity index (χ3v) is 4.55. The number of nitro benzene ring substituents is 1. The number of hydrogen-bond acceptors (Lipinski definition) is 7. The number of benzene rings is 1. The van der Waals surface area contributed by atoms with Gasteiger partial charge in [0.05, 0.1) is 23.8 Å². The lowest BCUT2D eigenvalue weighted by molar-refractivity contribution is -0.383. The first-order valence-corrected chi connectivity index (χ1v) is 7.73. The van der Waals surface area contributed by atoms with Crippen LogP contribution < -0.4 is 4.90 Å². The number of oxazole rings is 1. The van der Waals surface area contributed by atoms with Gasteiger partial charge in [-0.05, 0) is 18.9 Å². The topological polar surface area (TPSA) is 90.9 Å². The number of nitrogens with zero attached hydrogens (tertiary/aromatic N) is 3. The first-order valence-electron chi connectivity index (χ1n) is 7.73. The van der Waals surface area contributed by atoms with Crippen molar-refractivity contribution in [1.82, 2.24) is 4.98 Å². The van der Waals surface area contributed by atoms with Gasteiger partial charge < -0.3 is 18.8 Å². The SMILES string of the molecule is O=[N+]([O-])c1ccc(N2CCC(C3OCCO3)CC2)c2ncoc12. The van der Waals surface area contributed by atoms with Crippen LogP contribution in [0.3, 0.4) is 0 Å². The van der Waals surface area contributed by atoms with Crippen molar-refractivity contribution in [3.05, 3.63) is 28.6 Å². The molecule has 8 nitrogen and oxygen atoms in total. The van der Waals surface area contributed by atoms with E-state index in [1.54, 1.807) is 6.07 Å². The van der Waals surface area contributed by atoms with Gasteiger partial charge in [0.1, 0.15) is 5.52 Å². The van der Waals surface area contributed by atoms with Crippen LogP contribution in [0.4, 0.5) is 11.4 Å². The van der Waals surface area contributed by atoms with Crippen LogP contribution in [0.15, 0.2) is 22.9 Å². The molecule has 23 heavy (non-hydrogen) atoms.